The Morgan fingerprint density at radius 3 is 2.59 bits per heavy atom. The molecule has 1 amide bonds. The largest absolute Gasteiger partial charge is 0.351 e. The molecule has 1 fully saturated rings. The summed E-state index contributed by atoms with van der Waals surface area (Å²) in [7, 11) is -3.47. The number of hydrogen-bond donors (Lipinski definition) is 2. The smallest absolute Gasteiger partial charge is 0.254 e. The van der Waals surface area contributed by atoms with E-state index < -0.39 is 27.6 Å². The number of nitrogens with one attached hydrogen (secondary N) is 2. The molecule has 0 heterocycles. The summed E-state index contributed by atoms with van der Waals surface area (Å²) in [6.07, 6.45) is 3.19. The minimum Gasteiger partial charge on any atom is -0.351 e. The molecule has 0 spiro atoms. The summed E-state index contributed by atoms with van der Waals surface area (Å²) in [5.41, 5.74) is -0.318. The molecule has 2 rings (SSSR count). The molecule has 5 nitrogen and oxygen atoms in total. The highest BCUT2D eigenvalue weighted by Gasteiger charge is 2.20. The van der Waals surface area contributed by atoms with Gasteiger partial charge in [0.15, 0.2) is 0 Å². The maximum absolute atomic E-state index is 13.4. The molecule has 1 aliphatic rings. The lowest BCUT2D eigenvalue weighted by Crippen LogP contribution is -2.37. The predicted molar refractivity (Wildman–Crippen MR) is 77.8 cm³/mol. The number of carbonyl (C=O) groups is 1. The molecule has 1 saturated carbocycles. The van der Waals surface area contributed by atoms with Gasteiger partial charge in [-0.1, -0.05) is 6.42 Å². The van der Waals surface area contributed by atoms with Gasteiger partial charge in [0.2, 0.25) is 10.0 Å². The molecule has 0 saturated heterocycles. The quantitative estimate of drug-likeness (QED) is 0.793. The summed E-state index contributed by atoms with van der Waals surface area (Å²) in [4.78, 5) is 11.7. The van der Waals surface area contributed by atoms with Gasteiger partial charge in [-0.25, -0.2) is 21.9 Å². The van der Waals surface area contributed by atoms with E-state index in [1.54, 1.807) is 0 Å². The summed E-state index contributed by atoms with van der Waals surface area (Å²) in [6, 6.07) is 2.59. The molecular formula is C14H18F2N2O3S. The van der Waals surface area contributed by atoms with Crippen molar-refractivity contribution in [2.45, 2.75) is 19.3 Å². The summed E-state index contributed by atoms with van der Waals surface area (Å²) >= 11 is 0. The molecule has 0 bridgehead atoms. The Morgan fingerprint density at radius 2 is 2.00 bits per heavy atom. The van der Waals surface area contributed by atoms with Crippen LogP contribution in [0.4, 0.5) is 8.78 Å². The van der Waals surface area contributed by atoms with Gasteiger partial charge in [0.25, 0.3) is 5.91 Å². The van der Waals surface area contributed by atoms with Crippen LogP contribution >= 0.6 is 0 Å². The van der Waals surface area contributed by atoms with E-state index in [-0.39, 0.29) is 17.9 Å². The molecule has 2 N–H and O–H groups in total. The zero-order valence-electron chi connectivity index (χ0n) is 11.9. The van der Waals surface area contributed by atoms with E-state index in [1.165, 1.54) is 0 Å². The van der Waals surface area contributed by atoms with Crippen LogP contribution in [0.5, 0.6) is 0 Å². The monoisotopic (exact) mass is 332 g/mol. The Labute approximate surface area is 128 Å². The molecule has 0 radical (unpaired) electrons. The SMILES string of the molecule is O=C(NCCS(=O)(=O)NCC1CCC1)c1ccc(F)cc1F. The lowest BCUT2D eigenvalue weighted by Gasteiger charge is -2.25. The first kappa shape index (κ1) is 16.8. The third kappa shape index (κ3) is 4.74. The molecule has 22 heavy (non-hydrogen) atoms. The van der Waals surface area contributed by atoms with Crippen LogP contribution in [0.1, 0.15) is 29.6 Å². The third-order valence-corrected chi connectivity index (χ3v) is 5.00. The second-order valence-electron chi connectivity index (χ2n) is 5.34. The average Bonchev–Trinajstić information content (AvgIpc) is 2.36. The Bertz CT molecular complexity index is 645. The molecule has 0 atom stereocenters. The number of halogens is 2. The molecule has 1 aliphatic carbocycles. The second-order valence-corrected chi connectivity index (χ2v) is 7.27. The third-order valence-electron chi connectivity index (χ3n) is 3.65. The van der Waals surface area contributed by atoms with E-state index >= 15 is 0 Å². The molecule has 8 heteroatoms. The lowest BCUT2D eigenvalue weighted by molar-refractivity contribution is 0.0952. The molecule has 122 valence electrons. The van der Waals surface area contributed by atoms with E-state index in [1.807, 2.05) is 0 Å². The second kappa shape index (κ2) is 7.15. The van der Waals surface area contributed by atoms with Crippen molar-refractivity contribution in [1.82, 2.24) is 10.0 Å². The van der Waals surface area contributed by atoms with Crippen molar-refractivity contribution in [2.24, 2.45) is 5.92 Å². The van der Waals surface area contributed by atoms with Crippen molar-refractivity contribution in [2.75, 3.05) is 18.8 Å². The normalized spacial score (nSPS) is 15.4. The zero-order chi connectivity index (χ0) is 16.2. The highest BCUT2D eigenvalue weighted by atomic mass is 32.2. The van der Waals surface area contributed by atoms with Crippen molar-refractivity contribution < 1.29 is 22.0 Å². The minimum atomic E-state index is -3.47. The molecule has 0 aliphatic heterocycles. The van der Waals surface area contributed by atoms with Crippen LogP contribution < -0.4 is 10.0 Å². The summed E-state index contributed by atoms with van der Waals surface area (Å²) < 4.78 is 52.1. The van der Waals surface area contributed by atoms with E-state index in [9.17, 15) is 22.0 Å². The first-order chi connectivity index (χ1) is 10.4. The zero-order valence-corrected chi connectivity index (χ0v) is 12.8. The van der Waals surface area contributed by atoms with Crippen molar-refractivity contribution >= 4 is 15.9 Å². The Kier molecular flexibility index (Phi) is 5.47. The molecule has 1 aromatic rings. The Hall–Kier alpha value is -1.54. The molecule has 0 unspecified atom stereocenters. The fourth-order valence-corrected chi connectivity index (χ4v) is 3.09. The van der Waals surface area contributed by atoms with E-state index in [0.29, 0.717) is 18.5 Å². The van der Waals surface area contributed by atoms with Gasteiger partial charge >= 0.3 is 0 Å². The van der Waals surface area contributed by atoms with E-state index in [4.69, 9.17) is 0 Å². The summed E-state index contributed by atoms with van der Waals surface area (Å²) in [6.45, 7) is 0.276. The number of benzene rings is 1. The molecular weight excluding hydrogens is 314 g/mol. The van der Waals surface area contributed by atoms with Crippen LogP contribution in [0.15, 0.2) is 18.2 Å². The molecule has 0 aromatic heterocycles. The maximum atomic E-state index is 13.4. The van der Waals surface area contributed by atoms with Gasteiger partial charge in [-0.05, 0) is 30.9 Å². The van der Waals surface area contributed by atoms with Crippen molar-refractivity contribution in [3.63, 3.8) is 0 Å². The van der Waals surface area contributed by atoms with Gasteiger partial charge in [-0.15, -0.1) is 0 Å². The minimum absolute atomic E-state index is 0.143. The predicted octanol–water partition coefficient (Wildman–Crippen LogP) is 1.41. The van der Waals surface area contributed by atoms with Crippen LogP contribution in [-0.2, 0) is 10.0 Å². The van der Waals surface area contributed by atoms with Crippen LogP contribution in [0.25, 0.3) is 0 Å². The number of rotatable bonds is 7. The van der Waals surface area contributed by atoms with Gasteiger partial charge in [0, 0.05) is 19.2 Å². The van der Waals surface area contributed by atoms with Gasteiger partial charge in [-0.2, -0.15) is 0 Å². The van der Waals surface area contributed by atoms with E-state index in [2.05, 4.69) is 10.0 Å². The highest BCUT2D eigenvalue weighted by molar-refractivity contribution is 7.89. The number of carbonyl (C=O) groups excluding carboxylic acids is 1. The van der Waals surface area contributed by atoms with Crippen molar-refractivity contribution in [1.29, 1.82) is 0 Å². The van der Waals surface area contributed by atoms with Crippen LogP contribution in [-0.4, -0.2) is 33.2 Å². The molecule has 1 aromatic carbocycles. The van der Waals surface area contributed by atoms with Gasteiger partial charge in [0.1, 0.15) is 11.6 Å². The maximum Gasteiger partial charge on any atom is 0.254 e. The standard InChI is InChI=1S/C14H18F2N2O3S/c15-11-4-5-12(13(16)8-11)14(19)17-6-7-22(20,21)18-9-10-2-1-3-10/h4-5,8,10,18H,1-3,6-7,9H2,(H,17,19). The topological polar surface area (TPSA) is 75.3 Å². The van der Waals surface area contributed by atoms with E-state index in [0.717, 1.165) is 31.4 Å². The average molecular weight is 332 g/mol. The van der Waals surface area contributed by atoms with Crippen LogP contribution in [0, 0.1) is 17.6 Å². The van der Waals surface area contributed by atoms with Crippen molar-refractivity contribution in [3.05, 3.63) is 35.4 Å². The van der Waals surface area contributed by atoms with Gasteiger partial charge in [-0.3, -0.25) is 4.79 Å². The summed E-state index contributed by atoms with van der Waals surface area (Å²) in [5.74, 6) is -2.42. The van der Waals surface area contributed by atoms with Crippen molar-refractivity contribution in [3.8, 4) is 0 Å². The first-order valence-corrected chi connectivity index (χ1v) is 8.73. The van der Waals surface area contributed by atoms with Gasteiger partial charge < -0.3 is 5.32 Å². The highest BCUT2D eigenvalue weighted by Crippen LogP contribution is 2.25. The fourth-order valence-electron chi connectivity index (χ4n) is 2.08. The first-order valence-electron chi connectivity index (χ1n) is 7.08. The van der Waals surface area contributed by atoms with Crippen LogP contribution in [0.2, 0.25) is 0 Å². The van der Waals surface area contributed by atoms with Gasteiger partial charge in [0.05, 0.1) is 11.3 Å². The Morgan fingerprint density at radius 1 is 1.27 bits per heavy atom. The summed E-state index contributed by atoms with van der Waals surface area (Å²) in [5, 5.41) is 2.31. The number of hydrogen-bond acceptors (Lipinski definition) is 3. The fraction of sp³-hybridized carbons (Fsp3) is 0.500. The van der Waals surface area contributed by atoms with Crippen LogP contribution in [0.3, 0.4) is 0 Å². The Balaban J connectivity index is 1.78. The number of sulfonamides is 1. The lowest BCUT2D eigenvalue weighted by atomic mass is 9.86. The number of amides is 1.